The van der Waals surface area contributed by atoms with Crippen molar-refractivity contribution in [2.75, 3.05) is 13.1 Å². The van der Waals surface area contributed by atoms with Gasteiger partial charge in [-0.3, -0.25) is 0 Å². The molecule has 0 spiro atoms. The predicted octanol–water partition coefficient (Wildman–Crippen LogP) is 3.77. The van der Waals surface area contributed by atoms with Crippen LogP contribution in [-0.2, 0) is 15.9 Å². The minimum Gasteiger partial charge on any atom is -0.207 e. The van der Waals surface area contributed by atoms with E-state index in [4.69, 9.17) is 11.6 Å². The molecule has 118 valence electrons. The van der Waals surface area contributed by atoms with Crippen LogP contribution in [0.3, 0.4) is 0 Å². The van der Waals surface area contributed by atoms with E-state index < -0.39 is 15.8 Å². The number of halogens is 2. The maximum Gasteiger partial charge on any atom is 0.243 e. The average Bonchev–Trinajstić information content (AvgIpc) is 2.60. The van der Waals surface area contributed by atoms with Gasteiger partial charge in [-0.2, -0.15) is 4.31 Å². The lowest BCUT2D eigenvalue weighted by molar-refractivity contribution is 0.315. The Labute approximate surface area is 131 Å². The van der Waals surface area contributed by atoms with Gasteiger partial charge in [0.15, 0.2) is 0 Å². The molecule has 1 heterocycles. The van der Waals surface area contributed by atoms with Gasteiger partial charge in [0.1, 0.15) is 5.82 Å². The van der Waals surface area contributed by atoms with E-state index in [1.54, 1.807) is 0 Å². The Morgan fingerprint density at radius 1 is 1.29 bits per heavy atom. The summed E-state index contributed by atoms with van der Waals surface area (Å²) in [4.78, 5) is 0.124. The summed E-state index contributed by atoms with van der Waals surface area (Å²) in [6.07, 6.45) is 2.68. The second kappa shape index (κ2) is 6.23. The lowest BCUT2D eigenvalue weighted by Gasteiger charge is -2.23. The molecular weight excluding hydrogens is 313 g/mol. The molecule has 0 aromatic heterocycles. The number of nitrogens with zero attached hydrogens (tertiary/aromatic N) is 1. The SMILES string of the molecule is CC1(C)CCCN(S(=O)(=O)c2ccc(F)c(CCl)c2)CC1. The van der Waals surface area contributed by atoms with Gasteiger partial charge in [-0.1, -0.05) is 13.8 Å². The fourth-order valence-electron chi connectivity index (χ4n) is 2.60. The van der Waals surface area contributed by atoms with Gasteiger partial charge in [-0.25, -0.2) is 12.8 Å². The zero-order chi connectivity index (χ0) is 15.7. The van der Waals surface area contributed by atoms with Crippen molar-refractivity contribution in [3.63, 3.8) is 0 Å². The minimum atomic E-state index is -3.58. The number of sulfonamides is 1. The molecule has 0 amide bonds. The van der Waals surface area contributed by atoms with Gasteiger partial charge in [-0.05, 0) is 42.9 Å². The van der Waals surface area contributed by atoms with Gasteiger partial charge in [0.25, 0.3) is 0 Å². The number of hydrogen-bond acceptors (Lipinski definition) is 2. The molecule has 1 aliphatic heterocycles. The van der Waals surface area contributed by atoms with Crippen LogP contribution in [0.25, 0.3) is 0 Å². The molecule has 0 aliphatic carbocycles. The van der Waals surface area contributed by atoms with Gasteiger partial charge < -0.3 is 0 Å². The first-order chi connectivity index (χ1) is 9.76. The standard InChI is InChI=1S/C15H21ClFNO2S/c1-15(2)6-3-8-18(9-7-15)21(19,20)13-4-5-14(17)12(10-13)11-16/h4-5,10H,3,6-9,11H2,1-2H3. The Bertz CT molecular complexity index is 616. The van der Waals surface area contributed by atoms with E-state index in [0.717, 1.165) is 19.3 Å². The molecule has 1 aromatic rings. The summed E-state index contributed by atoms with van der Waals surface area (Å²) in [6, 6.07) is 3.83. The zero-order valence-corrected chi connectivity index (χ0v) is 14.0. The van der Waals surface area contributed by atoms with Crippen LogP contribution < -0.4 is 0 Å². The van der Waals surface area contributed by atoms with Crippen LogP contribution in [0.5, 0.6) is 0 Å². The summed E-state index contributed by atoms with van der Waals surface area (Å²) >= 11 is 5.66. The van der Waals surface area contributed by atoms with Gasteiger partial charge in [0.05, 0.1) is 10.8 Å². The van der Waals surface area contributed by atoms with Gasteiger partial charge in [0.2, 0.25) is 10.0 Å². The third kappa shape index (κ3) is 3.76. The topological polar surface area (TPSA) is 37.4 Å². The lowest BCUT2D eigenvalue weighted by Crippen LogP contribution is -2.32. The van der Waals surface area contributed by atoms with Crippen LogP contribution in [0.2, 0.25) is 0 Å². The van der Waals surface area contributed by atoms with Crippen LogP contribution in [-0.4, -0.2) is 25.8 Å². The highest BCUT2D eigenvalue weighted by Gasteiger charge is 2.30. The molecule has 2 rings (SSSR count). The Hall–Kier alpha value is -0.650. The summed E-state index contributed by atoms with van der Waals surface area (Å²) in [5, 5.41) is 0. The minimum absolute atomic E-state index is 0.0395. The van der Waals surface area contributed by atoms with E-state index in [0.29, 0.717) is 13.1 Å². The first kappa shape index (κ1) is 16.7. The molecule has 0 unspecified atom stereocenters. The summed E-state index contributed by atoms with van der Waals surface area (Å²) in [7, 11) is -3.58. The summed E-state index contributed by atoms with van der Waals surface area (Å²) in [6.45, 7) is 5.33. The van der Waals surface area contributed by atoms with E-state index in [9.17, 15) is 12.8 Å². The van der Waals surface area contributed by atoms with E-state index in [1.165, 1.54) is 22.5 Å². The van der Waals surface area contributed by atoms with E-state index >= 15 is 0 Å². The normalized spacial score (nSPS) is 20.2. The molecule has 1 fully saturated rings. The molecule has 0 bridgehead atoms. The molecule has 6 heteroatoms. The van der Waals surface area contributed by atoms with Gasteiger partial charge >= 0.3 is 0 Å². The fourth-order valence-corrected chi connectivity index (χ4v) is 4.34. The maximum atomic E-state index is 13.5. The molecule has 0 atom stereocenters. The van der Waals surface area contributed by atoms with Crippen LogP contribution in [0, 0.1) is 11.2 Å². The van der Waals surface area contributed by atoms with Crippen molar-refractivity contribution in [2.45, 2.75) is 43.9 Å². The molecule has 0 radical (unpaired) electrons. The van der Waals surface area contributed by atoms with Crippen molar-refractivity contribution >= 4 is 21.6 Å². The van der Waals surface area contributed by atoms with Crippen molar-refractivity contribution in [1.82, 2.24) is 4.31 Å². The highest BCUT2D eigenvalue weighted by atomic mass is 35.5. The molecule has 0 saturated carbocycles. The van der Waals surface area contributed by atoms with Gasteiger partial charge in [0, 0.05) is 18.7 Å². The predicted molar refractivity (Wildman–Crippen MR) is 82.3 cm³/mol. The van der Waals surface area contributed by atoms with Crippen molar-refractivity contribution in [1.29, 1.82) is 0 Å². The Morgan fingerprint density at radius 3 is 2.67 bits per heavy atom. The van der Waals surface area contributed by atoms with E-state index in [-0.39, 0.29) is 21.8 Å². The summed E-state index contributed by atoms with van der Waals surface area (Å²) < 4.78 is 40.4. The summed E-state index contributed by atoms with van der Waals surface area (Å²) in [5.41, 5.74) is 0.377. The molecule has 3 nitrogen and oxygen atoms in total. The summed E-state index contributed by atoms with van der Waals surface area (Å²) in [5.74, 6) is -0.511. The van der Waals surface area contributed by atoms with Crippen LogP contribution in [0.15, 0.2) is 23.1 Å². The van der Waals surface area contributed by atoms with Gasteiger partial charge in [-0.15, -0.1) is 11.6 Å². The zero-order valence-electron chi connectivity index (χ0n) is 12.4. The van der Waals surface area contributed by atoms with Crippen molar-refractivity contribution < 1.29 is 12.8 Å². The quantitative estimate of drug-likeness (QED) is 0.790. The third-order valence-electron chi connectivity index (χ3n) is 4.10. The largest absolute Gasteiger partial charge is 0.243 e. The second-order valence-corrected chi connectivity index (χ2v) is 8.51. The van der Waals surface area contributed by atoms with Crippen LogP contribution in [0.4, 0.5) is 4.39 Å². The maximum absolute atomic E-state index is 13.5. The number of rotatable bonds is 3. The monoisotopic (exact) mass is 333 g/mol. The Morgan fingerprint density at radius 2 is 2.00 bits per heavy atom. The Kier molecular flexibility index (Phi) is 4.96. The second-order valence-electron chi connectivity index (χ2n) is 6.31. The first-order valence-corrected chi connectivity index (χ1v) is 9.08. The van der Waals surface area contributed by atoms with Crippen LogP contribution >= 0.6 is 11.6 Å². The molecular formula is C15H21ClFNO2S. The molecule has 1 saturated heterocycles. The number of benzene rings is 1. The first-order valence-electron chi connectivity index (χ1n) is 7.11. The number of hydrogen-bond donors (Lipinski definition) is 0. The lowest BCUT2D eigenvalue weighted by atomic mass is 9.85. The smallest absolute Gasteiger partial charge is 0.207 e. The van der Waals surface area contributed by atoms with Crippen molar-refractivity contribution in [3.8, 4) is 0 Å². The van der Waals surface area contributed by atoms with Crippen molar-refractivity contribution in [2.24, 2.45) is 5.41 Å². The highest BCUT2D eigenvalue weighted by molar-refractivity contribution is 7.89. The highest BCUT2D eigenvalue weighted by Crippen LogP contribution is 2.32. The molecule has 1 aliphatic rings. The fraction of sp³-hybridized carbons (Fsp3) is 0.600. The third-order valence-corrected chi connectivity index (χ3v) is 6.28. The average molecular weight is 334 g/mol. The molecule has 21 heavy (non-hydrogen) atoms. The molecule has 1 aromatic carbocycles. The van der Waals surface area contributed by atoms with Crippen LogP contribution in [0.1, 0.15) is 38.7 Å². The van der Waals surface area contributed by atoms with Crippen molar-refractivity contribution in [3.05, 3.63) is 29.6 Å². The van der Waals surface area contributed by atoms with E-state index in [1.807, 2.05) is 0 Å². The molecule has 0 N–H and O–H groups in total. The Balaban J connectivity index is 2.29. The van der Waals surface area contributed by atoms with E-state index in [2.05, 4.69) is 13.8 Å². The number of alkyl halides is 1.